The van der Waals surface area contributed by atoms with Gasteiger partial charge < -0.3 is 9.72 Å². The van der Waals surface area contributed by atoms with E-state index in [0.29, 0.717) is 19.6 Å². The summed E-state index contributed by atoms with van der Waals surface area (Å²) in [4.78, 5) is 22.6. The standard InChI is InChI=1S/C21H27N3O2/c1-2-26-20(25)21(11-6-10-18-8-4-3-5-9-18)12-7-15-24(17-21)16-19-22-13-14-23-19/h3-6,8-10,13-14H,2,7,11-12,15-17H2,1H3,(H,22,23)/b10-6+/t21-/m0/s1. The molecule has 0 amide bonds. The van der Waals surface area contributed by atoms with Crippen LogP contribution in [0.2, 0.25) is 0 Å². The molecular formula is C21H27N3O2. The first kappa shape index (κ1) is 18.4. The van der Waals surface area contributed by atoms with Crippen LogP contribution < -0.4 is 0 Å². The first-order valence-electron chi connectivity index (χ1n) is 9.31. The Morgan fingerprint density at radius 3 is 2.96 bits per heavy atom. The molecule has 26 heavy (non-hydrogen) atoms. The zero-order valence-corrected chi connectivity index (χ0v) is 15.4. The monoisotopic (exact) mass is 353 g/mol. The Morgan fingerprint density at radius 2 is 2.23 bits per heavy atom. The summed E-state index contributed by atoms with van der Waals surface area (Å²) in [6.45, 7) is 4.70. The molecule has 1 aliphatic heterocycles. The molecular weight excluding hydrogens is 326 g/mol. The van der Waals surface area contributed by atoms with Crippen molar-refractivity contribution in [2.75, 3.05) is 19.7 Å². The van der Waals surface area contributed by atoms with E-state index in [9.17, 15) is 4.79 Å². The summed E-state index contributed by atoms with van der Waals surface area (Å²) < 4.78 is 5.45. The molecule has 1 saturated heterocycles. The van der Waals surface area contributed by atoms with Crippen molar-refractivity contribution < 1.29 is 9.53 Å². The van der Waals surface area contributed by atoms with Gasteiger partial charge in [-0.3, -0.25) is 9.69 Å². The molecule has 2 heterocycles. The number of H-pyrrole nitrogens is 1. The first-order valence-corrected chi connectivity index (χ1v) is 9.31. The third-order valence-corrected chi connectivity index (χ3v) is 4.91. The maximum absolute atomic E-state index is 12.8. The number of rotatable bonds is 7. The van der Waals surface area contributed by atoms with Gasteiger partial charge in [0, 0.05) is 18.9 Å². The number of aromatic amines is 1. The number of esters is 1. The second kappa shape index (κ2) is 8.81. The molecule has 138 valence electrons. The number of benzene rings is 1. The summed E-state index contributed by atoms with van der Waals surface area (Å²) in [6.07, 6.45) is 10.3. The molecule has 5 heteroatoms. The highest BCUT2D eigenvalue weighted by Gasteiger charge is 2.42. The van der Waals surface area contributed by atoms with Crippen LogP contribution in [0, 0.1) is 5.41 Å². The van der Waals surface area contributed by atoms with Crippen molar-refractivity contribution in [1.29, 1.82) is 0 Å². The lowest BCUT2D eigenvalue weighted by atomic mass is 9.76. The Hall–Kier alpha value is -2.40. The van der Waals surface area contributed by atoms with Gasteiger partial charge in [0.15, 0.2) is 0 Å². The maximum Gasteiger partial charge on any atom is 0.313 e. The molecule has 0 radical (unpaired) electrons. The van der Waals surface area contributed by atoms with E-state index in [1.807, 2.05) is 31.3 Å². The molecule has 1 atom stereocenters. The second-order valence-corrected chi connectivity index (χ2v) is 6.87. The minimum absolute atomic E-state index is 0.0816. The summed E-state index contributed by atoms with van der Waals surface area (Å²) in [6, 6.07) is 10.2. The molecule has 0 spiro atoms. The van der Waals surface area contributed by atoms with Crippen LogP contribution in [0.1, 0.15) is 37.6 Å². The van der Waals surface area contributed by atoms with E-state index in [2.05, 4.69) is 39.2 Å². The van der Waals surface area contributed by atoms with Gasteiger partial charge in [0.05, 0.1) is 18.6 Å². The molecule has 1 aliphatic rings. The number of allylic oxidation sites excluding steroid dienone is 1. The van der Waals surface area contributed by atoms with E-state index in [1.54, 1.807) is 6.20 Å². The fraction of sp³-hybridized carbons (Fsp3) is 0.429. The molecule has 0 saturated carbocycles. The maximum atomic E-state index is 12.8. The number of likely N-dealkylation sites (tertiary alicyclic amines) is 1. The van der Waals surface area contributed by atoms with Crippen LogP contribution in [0.25, 0.3) is 6.08 Å². The number of imidazole rings is 1. The van der Waals surface area contributed by atoms with E-state index in [0.717, 1.165) is 37.3 Å². The smallest absolute Gasteiger partial charge is 0.313 e. The van der Waals surface area contributed by atoms with E-state index in [1.165, 1.54) is 0 Å². The molecule has 0 bridgehead atoms. The fourth-order valence-corrected chi connectivity index (χ4v) is 3.64. The average molecular weight is 353 g/mol. The Balaban J connectivity index is 1.72. The van der Waals surface area contributed by atoms with Gasteiger partial charge in [-0.05, 0) is 38.3 Å². The van der Waals surface area contributed by atoms with Gasteiger partial charge in [-0.1, -0.05) is 42.5 Å². The number of hydrogen-bond acceptors (Lipinski definition) is 4. The van der Waals surface area contributed by atoms with Gasteiger partial charge in [0.2, 0.25) is 0 Å². The summed E-state index contributed by atoms with van der Waals surface area (Å²) in [5.74, 6) is 0.853. The lowest BCUT2D eigenvalue weighted by molar-refractivity contribution is -0.159. The minimum Gasteiger partial charge on any atom is -0.466 e. The Kier molecular flexibility index (Phi) is 6.23. The number of carbonyl (C=O) groups is 1. The topological polar surface area (TPSA) is 58.2 Å². The number of hydrogen-bond donors (Lipinski definition) is 1. The van der Waals surface area contributed by atoms with Crippen LogP contribution in [0.3, 0.4) is 0 Å². The molecule has 3 rings (SSSR count). The van der Waals surface area contributed by atoms with E-state index < -0.39 is 5.41 Å². The van der Waals surface area contributed by atoms with Crippen molar-refractivity contribution in [2.24, 2.45) is 5.41 Å². The zero-order valence-electron chi connectivity index (χ0n) is 15.4. The first-order chi connectivity index (χ1) is 12.7. The van der Waals surface area contributed by atoms with Crippen molar-refractivity contribution in [2.45, 2.75) is 32.7 Å². The van der Waals surface area contributed by atoms with E-state index in [4.69, 9.17) is 4.74 Å². The Bertz CT molecular complexity index is 712. The van der Waals surface area contributed by atoms with Gasteiger partial charge in [-0.25, -0.2) is 4.98 Å². The molecule has 5 nitrogen and oxygen atoms in total. The van der Waals surface area contributed by atoms with E-state index in [-0.39, 0.29) is 5.97 Å². The molecule has 1 aromatic heterocycles. The van der Waals surface area contributed by atoms with Crippen LogP contribution in [0.4, 0.5) is 0 Å². The number of nitrogens with one attached hydrogen (secondary N) is 1. The van der Waals surface area contributed by atoms with Gasteiger partial charge in [-0.2, -0.15) is 0 Å². The molecule has 1 fully saturated rings. The highest BCUT2D eigenvalue weighted by molar-refractivity contribution is 5.77. The molecule has 0 unspecified atom stereocenters. The quantitative estimate of drug-likeness (QED) is 0.772. The van der Waals surface area contributed by atoms with Gasteiger partial charge >= 0.3 is 5.97 Å². The van der Waals surface area contributed by atoms with Crippen molar-refractivity contribution in [1.82, 2.24) is 14.9 Å². The molecule has 2 aromatic rings. The van der Waals surface area contributed by atoms with E-state index >= 15 is 0 Å². The zero-order chi connectivity index (χ0) is 18.2. The predicted octanol–water partition coefficient (Wildman–Crippen LogP) is 3.66. The third kappa shape index (κ3) is 4.61. The Morgan fingerprint density at radius 1 is 1.38 bits per heavy atom. The number of carbonyl (C=O) groups excluding carboxylic acids is 1. The molecule has 0 aliphatic carbocycles. The number of ether oxygens (including phenoxy) is 1. The number of aromatic nitrogens is 2. The van der Waals surface area contributed by atoms with Crippen LogP contribution in [0.5, 0.6) is 0 Å². The van der Waals surface area contributed by atoms with Crippen molar-refractivity contribution in [3.8, 4) is 0 Å². The highest BCUT2D eigenvalue weighted by Crippen LogP contribution is 2.36. The molecule has 1 aromatic carbocycles. The number of piperidine rings is 1. The second-order valence-electron chi connectivity index (χ2n) is 6.87. The molecule has 1 N–H and O–H groups in total. The van der Waals surface area contributed by atoms with Crippen LogP contribution in [0.15, 0.2) is 48.8 Å². The van der Waals surface area contributed by atoms with Crippen molar-refractivity contribution in [3.63, 3.8) is 0 Å². The van der Waals surface area contributed by atoms with Crippen molar-refractivity contribution >= 4 is 12.0 Å². The van der Waals surface area contributed by atoms with Gasteiger partial charge in [0.1, 0.15) is 5.82 Å². The van der Waals surface area contributed by atoms with Crippen LogP contribution in [-0.2, 0) is 16.1 Å². The van der Waals surface area contributed by atoms with Crippen LogP contribution in [-0.4, -0.2) is 40.5 Å². The number of nitrogens with zero attached hydrogens (tertiary/aromatic N) is 2. The SMILES string of the molecule is CCOC(=O)[C@@]1(C/C=C/c2ccccc2)CCCN(Cc2ncc[nH]2)C1. The lowest BCUT2D eigenvalue weighted by Gasteiger charge is -2.40. The summed E-state index contributed by atoms with van der Waals surface area (Å²) in [5, 5.41) is 0. The van der Waals surface area contributed by atoms with Gasteiger partial charge in [0.25, 0.3) is 0 Å². The van der Waals surface area contributed by atoms with Crippen molar-refractivity contribution in [3.05, 3.63) is 60.2 Å². The lowest BCUT2D eigenvalue weighted by Crippen LogP contribution is -2.48. The summed E-state index contributed by atoms with van der Waals surface area (Å²) in [5.41, 5.74) is 0.668. The largest absolute Gasteiger partial charge is 0.466 e. The summed E-state index contributed by atoms with van der Waals surface area (Å²) in [7, 11) is 0. The normalized spacial score (nSPS) is 21.1. The summed E-state index contributed by atoms with van der Waals surface area (Å²) >= 11 is 0. The predicted molar refractivity (Wildman–Crippen MR) is 102 cm³/mol. The third-order valence-electron chi connectivity index (χ3n) is 4.91. The Labute approximate surface area is 155 Å². The highest BCUT2D eigenvalue weighted by atomic mass is 16.5. The van der Waals surface area contributed by atoms with Gasteiger partial charge in [-0.15, -0.1) is 0 Å². The van der Waals surface area contributed by atoms with Crippen LogP contribution >= 0.6 is 0 Å². The minimum atomic E-state index is -0.480. The average Bonchev–Trinajstić information content (AvgIpc) is 3.16. The fourth-order valence-electron chi connectivity index (χ4n) is 3.64.